The molecule has 156 valence electrons. The highest BCUT2D eigenvalue weighted by Crippen LogP contribution is 2.35. The van der Waals surface area contributed by atoms with Gasteiger partial charge in [0.25, 0.3) is 5.91 Å². The quantitative estimate of drug-likeness (QED) is 0.584. The fraction of sp³-hybridized carbons (Fsp3) is 0.273. The third kappa shape index (κ3) is 3.54. The topological polar surface area (TPSA) is 71.3 Å². The number of nitrogens with zero attached hydrogens (tertiary/aromatic N) is 2. The van der Waals surface area contributed by atoms with Crippen LogP contribution in [-0.4, -0.2) is 36.9 Å². The molecule has 2 atom stereocenters. The summed E-state index contributed by atoms with van der Waals surface area (Å²) in [6, 6.07) is 11.0. The molecule has 0 saturated heterocycles. The predicted octanol–water partition coefficient (Wildman–Crippen LogP) is 3.56. The van der Waals surface area contributed by atoms with Crippen LogP contribution in [0.1, 0.15) is 6.92 Å². The monoisotopic (exact) mass is 426 g/mol. The van der Waals surface area contributed by atoms with E-state index in [-0.39, 0.29) is 0 Å². The van der Waals surface area contributed by atoms with Gasteiger partial charge in [-0.3, -0.25) is 4.79 Å². The number of allylic oxidation sites excluding steroid dienone is 1. The SMILES string of the molecule is C=CCn1c(=NC(=O)C2Oc3ccccc3OC2C)sc2cc(OC)c(OC)cc21. The van der Waals surface area contributed by atoms with Crippen LogP contribution in [-0.2, 0) is 11.3 Å². The molecule has 0 saturated carbocycles. The highest BCUT2D eigenvalue weighted by atomic mass is 32.1. The van der Waals surface area contributed by atoms with E-state index in [1.807, 2.05) is 34.9 Å². The molecule has 30 heavy (non-hydrogen) atoms. The molecule has 1 aliphatic heterocycles. The highest BCUT2D eigenvalue weighted by Gasteiger charge is 2.34. The maximum Gasteiger partial charge on any atom is 0.293 e. The van der Waals surface area contributed by atoms with Gasteiger partial charge in [-0.15, -0.1) is 6.58 Å². The van der Waals surface area contributed by atoms with Crippen LogP contribution in [0.4, 0.5) is 0 Å². The van der Waals surface area contributed by atoms with Crippen LogP contribution in [0.3, 0.4) is 0 Å². The number of carbonyl (C=O) groups excluding carboxylic acids is 1. The lowest BCUT2D eigenvalue weighted by molar-refractivity contribution is -0.130. The van der Waals surface area contributed by atoms with E-state index in [4.69, 9.17) is 18.9 Å². The standard InChI is InChI=1S/C22H22N2O5S/c1-5-10-24-14-11-17(26-3)18(27-4)12-19(14)30-22(24)23-21(25)20-13(2)28-15-8-6-7-9-16(15)29-20/h5-9,11-13,20H,1,10H2,2-4H3. The van der Waals surface area contributed by atoms with Gasteiger partial charge in [-0.2, -0.15) is 4.99 Å². The average molecular weight is 426 g/mol. The molecule has 0 aliphatic carbocycles. The Morgan fingerprint density at radius 2 is 1.87 bits per heavy atom. The summed E-state index contributed by atoms with van der Waals surface area (Å²) < 4.78 is 25.4. The lowest BCUT2D eigenvalue weighted by atomic mass is 10.1. The minimum absolute atomic E-state index is 0.402. The van der Waals surface area contributed by atoms with E-state index in [0.717, 1.165) is 10.2 Å². The van der Waals surface area contributed by atoms with E-state index in [0.29, 0.717) is 34.3 Å². The van der Waals surface area contributed by atoms with Gasteiger partial charge in [0, 0.05) is 18.7 Å². The number of hydrogen-bond donors (Lipinski definition) is 0. The van der Waals surface area contributed by atoms with Crippen molar-refractivity contribution in [1.29, 1.82) is 0 Å². The van der Waals surface area contributed by atoms with Crippen LogP contribution in [0, 0.1) is 0 Å². The second kappa shape index (κ2) is 8.23. The number of rotatable bonds is 5. The summed E-state index contributed by atoms with van der Waals surface area (Å²) in [6.07, 6.45) is 0.468. The lowest BCUT2D eigenvalue weighted by Gasteiger charge is -2.29. The zero-order valence-corrected chi connectivity index (χ0v) is 17.8. The molecule has 1 aromatic heterocycles. The Labute approximate surface area is 177 Å². The van der Waals surface area contributed by atoms with Gasteiger partial charge in [-0.25, -0.2) is 0 Å². The van der Waals surface area contributed by atoms with E-state index in [1.165, 1.54) is 11.3 Å². The predicted molar refractivity (Wildman–Crippen MR) is 115 cm³/mol. The van der Waals surface area contributed by atoms with Crippen molar-refractivity contribution in [3.05, 3.63) is 53.9 Å². The number of methoxy groups -OCH3 is 2. The number of amides is 1. The normalized spacial score (nSPS) is 18.3. The highest BCUT2D eigenvalue weighted by molar-refractivity contribution is 7.16. The Morgan fingerprint density at radius 3 is 2.53 bits per heavy atom. The van der Waals surface area contributed by atoms with Gasteiger partial charge in [-0.1, -0.05) is 29.5 Å². The number of thiazole rings is 1. The Bertz CT molecular complexity index is 1180. The molecule has 0 radical (unpaired) electrons. The number of ether oxygens (including phenoxy) is 4. The molecule has 4 rings (SSSR count). The third-order valence-corrected chi connectivity index (χ3v) is 5.83. The molecule has 1 amide bonds. The number of fused-ring (bicyclic) bond motifs is 2. The van der Waals surface area contributed by atoms with Crippen molar-refractivity contribution in [2.75, 3.05) is 14.2 Å². The summed E-state index contributed by atoms with van der Waals surface area (Å²) in [6.45, 7) is 6.11. The number of benzene rings is 2. The fourth-order valence-corrected chi connectivity index (χ4v) is 4.39. The molecule has 0 fully saturated rings. The lowest BCUT2D eigenvalue weighted by Crippen LogP contribution is -2.43. The Balaban J connectivity index is 1.77. The maximum absolute atomic E-state index is 13.0. The van der Waals surface area contributed by atoms with Crippen molar-refractivity contribution in [1.82, 2.24) is 4.57 Å². The van der Waals surface area contributed by atoms with Crippen LogP contribution in [0.2, 0.25) is 0 Å². The first-order chi connectivity index (χ1) is 14.5. The zero-order valence-electron chi connectivity index (χ0n) is 17.0. The van der Waals surface area contributed by atoms with Crippen LogP contribution < -0.4 is 23.7 Å². The second-order valence-corrected chi connectivity index (χ2v) is 7.73. The van der Waals surface area contributed by atoms with Crippen LogP contribution >= 0.6 is 11.3 Å². The van der Waals surface area contributed by atoms with Crippen molar-refractivity contribution in [3.63, 3.8) is 0 Å². The number of carbonyl (C=O) groups is 1. The summed E-state index contributed by atoms with van der Waals surface area (Å²) in [5.74, 6) is 1.97. The van der Waals surface area contributed by atoms with E-state index < -0.39 is 18.1 Å². The number of para-hydroxylation sites is 2. The van der Waals surface area contributed by atoms with E-state index in [2.05, 4.69) is 11.6 Å². The summed E-state index contributed by atoms with van der Waals surface area (Å²) in [5.41, 5.74) is 0.878. The smallest absolute Gasteiger partial charge is 0.293 e. The molecular weight excluding hydrogens is 404 g/mol. The summed E-state index contributed by atoms with van der Waals surface area (Å²) in [5, 5.41) is 0. The minimum atomic E-state index is -0.827. The Morgan fingerprint density at radius 1 is 1.20 bits per heavy atom. The fourth-order valence-electron chi connectivity index (χ4n) is 3.34. The Hall–Kier alpha value is -3.26. The molecule has 0 N–H and O–H groups in total. The molecule has 0 spiro atoms. The molecule has 1 aliphatic rings. The van der Waals surface area contributed by atoms with Gasteiger partial charge >= 0.3 is 0 Å². The summed E-state index contributed by atoms with van der Waals surface area (Å²) >= 11 is 1.39. The summed E-state index contributed by atoms with van der Waals surface area (Å²) in [4.78, 5) is 17.9. The van der Waals surface area contributed by atoms with Gasteiger partial charge in [0.05, 0.1) is 24.4 Å². The second-order valence-electron chi connectivity index (χ2n) is 6.72. The van der Waals surface area contributed by atoms with Crippen LogP contribution in [0.5, 0.6) is 23.0 Å². The van der Waals surface area contributed by atoms with Gasteiger partial charge < -0.3 is 23.5 Å². The molecule has 0 bridgehead atoms. The van der Waals surface area contributed by atoms with Crippen LogP contribution in [0.25, 0.3) is 10.2 Å². The maximum atomic E-state index is 13.0. The van der Waals surface area contributed by atoms with Crippen LogP contribution in [0.15, 0.2) is 54.0 Å². The largest absolute Gasteiger partial charge is 0.493 e. The van der Waals surface area contributed by atoms with E-state index >= 15 is 0 Å². The molecule has 7 nitrogen and oxygen atoms in total. The first-order valence-electron chi connectivity index (χ1n) is 9.43. The van der Waals surface area contributed by atoms with Crippen molar-refractivity contribution in [2.24, 2.45) is 4.99 Å². The molecule has 2 aromatic carbocycles. The summed E-state index contributed by atoms with van der Waals surface area (Å²) in [7, 11) is 3.17. The average Bonchev–Trinajstić information content (AvgIpc) is 3.08. The Kier molecular flexibility index (Phi) is 5.50. The number of hydrogen-bond acceptors (Lipinski definition) is 6. The van der Waals surface area contributed by atoms with Gasteiger partial charge in [0.15, 0.2) is 27.8 Å². The first-order valence-corrected chi connectivity index (χ1v) is 10.2. The first kappa shape index (κ1) is 20.0. The zero-order chi connectivity index (χ0) is 21.3. The van der Waals surface area contributed by atoms with Crippen molar-refractivity contribution in [3.8, 4) is 23.0 Å². The van der Waals surface area contributed by atoms with E-state index in [9.17, 15) is 4.79 Å². The van der Waals surface area contributed by atoms with Crippen molar-refractivity contribution < 1.29 is 23.7 Å². The molecule has 2 heterocycles. The third-order valence-electron chi connectivity index (χ3n) is 4.79. The molecular formula is C22H22N2O5S. The van der Waals surface area contributed by atoms with E-state index in [1.54, 1.807) is 33.3 Å². The van der Waals surface area contributed by atoms with Crippen molar-refractivity contribution in [2.45, 2.75) is 25.7 Å². The molecule has 2 unspecified atom stereocenters. The molecule has 3 aromatic rings. The van der Waals surface area contributed by atoms with Gasteiger partial charge in [0.1, 0.15) is 6.10 Å². The number of aromatic nitrogens is 1. The van der Waals surface area contributed by atoms with Crippen molar-refractivity contribution >= 4 is 27.5 Å². The van der Waals surface area contributed by atoms with Gasteiger partial charge in [-0.05, 0) is 19.1 Å². The minimum Gasteiger partial charge on any atom is -0.493 e. The molecule has 8 heteroatoms. The van der Waals surface area contributed by atoms with Gasteiger partial charge in [0.2, 0.25) is 6.10 Å².